The van der Waals surface area contributed by atoms with Crippen molar-refractivity contribution in [1.82, 2.24) is 47.3 Å². The second kappa shape index (κ2) is 38.1. The summed E-state index contributed by atoms with van der Waals surface area (Å²) in [5.74, 6) is -0.0771. The van der Waals surface area contributed by atoms with Crippen molar-refractivity contribution in [3.8, 4) is 5.75 Å². The van der Waals surface area contributed by atoms with Gasteiger partial charge in [-0.2, -0.15) is 39.5 Å². The van der Waals surface area contributed by atoms with E-state index in [1.54, 1.807) is 55.7 Å². The SMILES string of the molecule is CN1CCc2c(c3cc(F)ccc3n2/C=C/c2ccc(C(F)(F)F)cc2)C1.CN1CCc2c(c3cc(F)ccc3n2/C=C\c2cccc(F)c2)C1.COc1ccc(/C=C\n2c3c(c4cc(F)ccc42)CN(C)CC3)cc1.Cc1ccc2c(c1)c1c(n2/C=C/c2ccc(C(F)(F)F)cc2)CCN(C)C1.Cc1ccc2c(c1)c1c(n2/C=C\c2cccc(C(F)(F)F)c2)CCN(C)C1. The number of alkyl halides is 9. The molecule has 10 aromatic carbocycles. The second-order valence-corrected chi connectivity index (χ2v) is 34.2. The van der Waals surface area contributed by atoms with Crippen LogP contribution < -0.4 is 4.74 Å². The van der Waals surface area contributed by atoms with Gasteiger partial charge in [0.05, 0.1) is 51.4 Å². The van der Waals surface area contributed by atoms with E-state index in [-0.39, 0.29) is 23.3 Å². The Labute approximate surface area is 746 Å². The summed E-state index contributed by atoms with van der Waals surface area (Å²) in [6.45, 7) is 13.3. The molecule has 11 nitrogen and oxygen atoms in total. The number of ether oxygens (including phenoxy) is 1. The van der Waals surface area contributed by atoms with Crippen molar-refractivity contribution >= 4 is 116 Å². The molecule has 0 atom stereocenters. The first-order valence-electron chi connectivity index (χ1n) is 43.2. The van der Waals surface area contributed by atoms with E-state index in [0.717, 1.165) is 205 Å². The van der Waals surface area contributed by atoms with Crippen LogP contribution in [0.25, 0.3) is 116 Å². The fourth-order valence-corrected chi connectivity index (χ4v) is 18.1. The number of likely N-dealkylation sites (N-methyl/N-ethyl adjacent to an activating group) is 5. The topological polar surface area (TPSA) is 50.1 Å². The van der Waals surface area contributed by atoms with Crippen LogP contribution >= 0.6 is 0 Å². The monoisotopic (exact) mass is 1770 g/mol. The van der Waals surface area contributed by atoms with E-state index < -0.39 is 35.2 Å². The van der Waals surface area contributed by atoms with Crippen LogP contribution in [0.2, 0.25) is 0 Å². The van der Waals surface area contributed by atoms with E-state index in [1.165, 1.54) is 134 Å². The van der Waals surface area contributed by atoms with Gasteiger partial charge in [-0.05, 0) is 275 Å². The molecule has 0 N–H and O–H groups in total. The number of rotatable bonds is 11. The van der Waals surface area contributed by atoms with Crippen molar-refractivity contribution in [2.45, 2.75) is 97.2 Å². The molecule has 130 heavy (non-hydrogen) atoms. The molecular weight excluding hydrogens is 1680 g/mol. The number of aryl methyl sites for hydroxylation is 2. The lowest BCUT2D eigenvalue weighted by Crippen LogP contribution is -2.26. The molecular formula is C106H99F13N10O. The molecule has 0 saturated carbocycles. The van der Waals surface area contributed by atoms with Crippen LogP contribution in [0.4, 0.5) is 57.1 Å². The molecule has 5 aliphatic heterocycles. The van der Waals surface area contributed by atoms with Crippen LogP contribution in [-0.2, 0) is 83.4 Å². The number of nitrogens with zero attached hydrogens (tertiary/aromatic N) is 10. The van der Waals surface area contributed by atoms with E-state index in [4.69, 9.17) is 4.74 Å². The van der Waals surface area contributed by atoms with Gasteiger partial charge >= 0.3 is 18.5 Å². The summed E-state index contributed by atoms with van der Waals surface area (Å²) in [4.78, 5) is 11.3. The number of halogens is 13. The number of hydrogen-bond donors (Lipinski definition) is 0. The third-order valence-electron chi connectivity index (χ3n) is 24.8. The van der Waals surface area contributed by atoms with E-state index in [9.17, 15) is 57.1 Å². The standard InChI is InChI=1S/2C22H21F3N2.C21H18F4N2.C21H21FN2O.C20H18F2N2/c1-15-3-8-20-18(13-15)19-14-26(2)11-10-21(19)27(20)12-9-16-4-6-17(7-5-16)22(23,24)25;1-15-6-7-20-18(12-15)19-14-26(2)10-9-21(19)27(20)11-8-16-4-3-5-17(13-16)22(23,24)25;1-26-10-9-20-18(13-26)17-12-16(22)6-7-19(17)27(20)11-8-14-2-4-15(5-3-14)21(23,24)25;1-23-11-10-21-19(14-23)18-13-16(22)5-8-20(18)24(21)12-9-15-3-6-17(25-2)7-4-15;1-23-9-8-20-18(13-23)17-12-16(22)5-6-19(17)24(20)10-7-14-3-2-4-15(21)11-14/h3-9,12-13H,10-11,14H2,1-2H3;3-8,11-13H,9-10,14H2,1-2H3;2-8,11-12H,9-10,13H2,1H3;3-9,12-13H,10-11,14H2,1-2H3;2-7,10-12H,8-9,13H2,1H3/b12-9+;11-8-;11-8+;12-9-;10-7-. The Morgan fingerprint density at radius 2 is 0.531 bits per heavy atom. The van der Waals surface area contributed by atoms with Gasteiger partial charge in [0.1, 0.15) is 29.0 Å². The Kier molecular flexibility index (Phi) is 26.6. The lowest BCUT2D eigenvalue weighted by molar-refractivity contribution is -0.138. The third kappa shape index (κ3) is 20.3. The summed E-state index contributed by atoms with van der Waals surface area (Å²) < 4.78 is 186. The first-order valence-corrected chi connectivity index (χ1v) is 43.2. The van der Waals surface area contributed by atoms with Crippen LogP contribution in [-0.4, -0.2) is 122 Å². The Morgan fingerprint density at radius 1 is 0.269 bits per heavy atom. The van der Waals surface area contributed by atoms with Crippen LogP contribution in [0, 0.1) is 37.1 Å². The van der Waals surface area contributed by atoms with E-state index in [0.29, 0.717) is 11.1 Å². The Bertz CT molecular complexity index is 6660. The predicted molar refractivity (Wildman–Crippen MR) is 499 cm³/mol. The van der Waals surface area contributed by atoms with Gasteiger partial charge in [0.25, 0.3) is 0 Å². The first kappa shape index (κ1) is 90.6. The van der Waals surface area contributed by atoms with Gasteiger partial charge < -0.3 is 52.1 Å². The molecule has 0 unspecified atom stereocenters. The maximum absolute atomic E-state index is 13.8. The molecule has 15 aromatic rings. The third-order valence-corrected chi connectivity index (χ3v) is 24.8. The van der Waals surface area contributed by atoms with Crippen molar-refractivity contribution < 1.29 is 61.8 Å². The lowest BCUT2D eigenvalue weighted by atomic mass is 10.0. The largest absolute Gasteiger partial charge is 0.497 e. The van der Waals surface area contributed by atoms with E-state index >= 15 is 0 Å². The summed E-state index contributed by atoms with van der Waals surface area (Å²) in [6.07, 6.45) is 10.8. The molecule has 670 valence electrons. The normalized spacial score (nSPS) is 15.4. The summed E-state index contributed by atoms with van der Waals surface area (Å²) in [5, 5.41) is 5.34. The summed E-state index contributed by atoms with van der Waals surface area (Å²) in [5.41, 5.74) is 21.9. The number of fused-ring (bicyclic) bond motifs is 15. The summed E-state index contributed by atoms with van der Waals surface area (Å²) >= 11 is 0. The molecule has 0 saturated heterocycles. The highest BCUT2D eigenvalue weighted by atomic mass is 19.4. The van der Waals surface area contributed by atoms with Crippen molar-refractivity contribution in [3.05, 3.63) is 348 Å². The minimum absolute atomic E-state index is 0.181. The smallest absolute Gasteiger partial charge is 0.416 e. The van der Waals surface area contributed by atoms with Gasteiger partial charge in [-0.3, -0.25) is 0 Å². The summed E-state index contributed by atoms with van der Waals surface area (Å²) in [6, 6.07) is 57.7. The number of hydrogen-bond acceptors (Lipinski definition) is 6. The van der Waals surface area contributed by atoms with Crippen molar-refractivity contribution in [2.24, 2.45) is 0 Å². The first-order chi connectivity index (χ1) is 62.2. The second-order valence-electron chi connectivity index (χ2n) is 34.2. The average molecular weight is 1780 g/mol. The zero-order valence-corrected chi connectivity index (χ0v) is 73.4. The van der Waals surface area contributed by atoms with Crippen LogP contribution in [0.5, 0.6) is 5.75 Å². The molecule has 10 heterocycles. The highest BCUT2D eigenvalue weighted by Gasteiger charge is 2.34. The molecule has 0 aliphatic carbocycles. The molecule has 0 bridgehead atoms. The highest BCUT2D eigenvalue weighted by Crippen LogP contribution is 2.40. The maximum atomic E-state index is 13.8. The highest BCUT2D eigenvalue weighted by molar-refractivity contribution is 5.94. The number of aromatic nitrogens is 5. The molecule has 5 aliphatic rings. The molecule has 20 rings (SSSR count). The van der Waals surface area contributed by atoms with Crippen LogP contribution in [0.15, 0.2) is 212 Å². The minimum Gasteiger partial charge on any atom is -0.497 e. The molecule has 5 aromatic heterocycles. The van der Waals surface area contributed by atoms with Crippen LogP contribution in [0.3, 0.4) is 0 Å². The van der Waals surface area contributed by atoms with Gasteiger partial charge in [-0.15, -0.1) is 0 Å². The average Bonchev–Trinajstić information content (AvgIpc) is 1.63. The molecule has 0 radical (unpaired) electrons. The van der Waals surface area contributed by atoms with Crippen molar-refractivity contribution in [3.63, 3.8) is 0 Å². The summed E-state index contributed by atoms with van der Waals surface area (Å²) in [7, 11) is 12.1. The van der Waals surface area contributed by atoms with E-state index in [1.807, 2.05) is 91.0 Å². The Balaban J connectivity index is 0.000000119. The fraction of sp³-hybridized carbons (Fsp3) is 0.245. The number of benzene rings is 10. The van der Waals surface area contributed by atoms with Gasteiger partial charge in [0.2, 0.25) is 0 Å². The van der Waals surface area contributed by atoms with Gasteiger partial charge in [-0.25, -0.2) is 17.6 Å². The minimum atomic E-state index is -4.34. The van der Waals surface area contributed by atoms with Crippen molar-refractivity contribution in [2.75, 3.05) is 75.1 Å². The van der Waals surface area contributed by atoms with Gasteiger partial charge in [0, 0.05) is 184 Å². The zero-order valence-electron chi connectivity index (χ0n) is 73.4. The van der Waals surface area contributed by atoms with E-state index in [2.05, 4.69) is 133 Å². The maximum Gasteiger partial charge on any atom is 0.416 e. The quantitative estimate of drug-likeness (QED) is 0.120. The van der Waals surface area contributed by atoms with Gasteiger partial charge in [-0.1, -0.05) is 83.9 Å². The predicted octanol–water partition coefficient (Wildman–Crippen LogP) is 25.5. The van der Waals surface area contributed by atoms with Crippen LogP contribution in [0.1, 0.15) is 112 Å². The molecule has 0 fully saturated rings. The molecule has 0 amide bonds. The molecule has 24 heteroatoms. The molecule has 0 spiro atoms. The zero-order chi connectivity index (χ0) is 91.6. The van der Waals surface area contributed by atoms with Crippen molar-refractivity contribution in [1.29, 1.82) is 0 Å². The van der Waals surface area contributed by atoms with Gasteiger partial charge in [0.15, 0.2) is 0 Å². The lowest BCUT2D eigenvalue weighted by Gasteiger charge is -2.23. The Morgan fingerprint density at radius 3 is 0.823 bits per heavy atom. The Hall–Kier alpha value is -12.7. The number of methoxy groups -OCH3 is 1. The fourth-order valence-electron chi connectivity index (χ4n) is 18.1.